The lowest BCUT2D eigenvalue weighted by atomic mass is 10.0. The van der Waals surface area contributed by atoms with E-state index < -0.39 is 22.0 Å². The number of benzene rings is 3. The zero-order valence-corrected chi connectivity index (χ0v) is 19.7. The quantitative estimate of drug-likeness (QED) is 0.231. The number of hydrogen-bond acceptors (Lipinski definition) is 6. The number of hydrogen-bond donors (Lipinski definition) is 3. The summed E-state index contributed by atoms with van der Waals surface area (Å²) in [7, 11) is -3.83. The summed E-state index contributed by atoms with van der Waals surface area (Å²) < 4.78 is 23.8. The molecular formula is C25H28N4O4S. The summed E-state index contributed by atoms with van der Waals surface area (Å²) in [6.07, 6.45) is 2.96. The van der Waals surface area contributed by atoms with Crippen LogP contribution in [0.4, 0.5) is 5.69 Å². The Labute approximate surface area is 199 Å². The number of nitrogens with zero attached hydrogens (tertiary/aromatic N) is 2. The van der Waals surface area contributed by atoms with Crippen LogP contribution in [0.3, 0.4) is 0 Å². The summed E-state index contributed by atoms with van der Waals surface area (Å²) in [4.78, 5) is 13.6. The molecule has 3 aromatic rings. The zero-order chi connectivity index (χ0) is 24.7. The molecule has 9 heteroatoms. The molecule has 0 amide bonds. The topological polar surface area (TPSA) is 139 Å². The number of aryl methyl sites for hydroxylation is 1. The summed E-state index contributed by atoms with van der Waals surface area (Å²) in [5, 5.41) is 18.5. The maximum Gasteiger partial charge on any atom is 0.326 e. The zero-order valence-electron chi connectivity index (χ0n) is 18.8. The summed E-state index contributed by atoms with van der Waals surface area (Å²) >= 11 is 0. The molecule has 34 heavy (non-hydrogen) atoms. The van der Waals surface area contributed by atoms with Crippen LogP contribution in [0, 0.1) is 0 Å². The molecule has 0 bridgehead atoms. The number of anilines is 1. The van der Waals surface area contributed by atoms with Crippen molar-refractivity contribution in [2.75, 3.05) is 11.4 Å². The summed E-state index contributed by atoms with van der Waals surface area (Å²) in [6.45, 7) is 2.19. The van der Waals surface area contributed by atoms with Crippen molar-refractivity contribution in [2.45, 2.75) is 30.7 Å². The highest BCUT2D eigenvalue weighted by molar-refractivity contribution is 7.89. The van der Waals surface area contributed by atoms with E-state index in [1.807, 2.05) is 53.4 Å². The maximum atomic E-state index is 11.9. The van der Waals surface area contributed by atoms with Crippen LogP contribution < -0.4 is 15.9 Å². The molecule has 0 radical (unpaired) electrons. The smallest absolute Gasteiger partial charge is 0.326 e. The summed E-state index contributed by atoms with van der Waals surface area (Å²) in [5.41, 5.74) is 3.94. The van der Waals surface area contributed by atoms with E-state index in [9.17, 15) is 18.3 Å². The Bertz CT molecular complexity index is 1270. The number of carboxylic acid groups (broad SMARTS) is 1. The van der Waals surface area contributed by atoms with Gasteiger partial charge in [-0.3, -0.25) is 0 Å². The van der Waals surface area contributed by atoms with Gasteiger partial charge in [0.1, 0.15) is 6.04 Å². The SMILES string of the molecule is CC(C(=O)O)N(CCCc1ccc(-c2ccccc2S(N)(=O)=O)cc1)c1cccc(C=NN)c1. The van der Waals surface area contributed by atoms with Crippen molar-refractivity contribution in [3.63, 3.8) is 0 Å². The molecule has 0 saturated carbocycles. The fourth-order valence-electron chi connectivity index (χ4n) is 3.81. The van der Waals surface area contributed by atoms with E-state index in [2.05, 4.69) is 5.10 Å². The van der Waals surface area contributed by atoms with Crippen molar-refractivity contribution in [1.82, 2.24) is 0 Å². The Morgan fingerprint density at radius 2 is 1.79 bits per heavy atom. The number of nitrogens with two attached hydrogens (primary N) is 2. The fourth-order valence-corrected chi connectivity index (χ4v) is 4.57. The molecule has 0 aliphatic heterocycles. The maximum absolute atomic E-state index is 11.9. The monoisotopic (exact) mass is 480 g/mol. The molecule has 0 heterocycles. The number of aliphatic carboxylic acids is 1. The van der Waals surface area contributed by atoms with Gasteiger partial charge in [-0.1, -0.05) is 54.6 Å². The van der Waals surface area contributed by atoms with Gasteiger partial charge < -0.3 is 15.8 Å². The predicted molar refractivity (Wildman–Crippen MR) is 134 cm³/mol. The van der Waals surface area contributed by atoms with E-state index in [1.54, 1.807) is 25.1 Å². The Balaban J connectivity index is 1.73. The first kappa shape index (κ1) is 24.9. The van der Waals surface area contributed by atoms with E-state index in [0.717, 1.165) is 35.2 Å². The normalized spacial score (nSPS) is 12.5. The lowest BCUT2D eigenvalue weighted by Crippen LogP contribution is -2.40. The third-order valence-corrected chi connectivity index (χ3v) is 6.54. The molecule has 0 aliphatic rings. The van der Waals surface area contributed by atoms with E-state index in [1.165, 1.54) is 12.3 Å². The highest BCUT2D eigenvalue weighted by Crippen LogP contribution is 2.27. The first-order valence-corrected chi connectivity index (χ1v) is 12.3. The molecule has 3 rings (SSSR count). The van der Waals surface area contributed by atoms with Crippen LogP contribution in [0.15, 0.2) is 82.8 Å². The fraction of sp³-hybridized carbons (Fsp3) is 0.200. The van der Waals surface area contributed by atoms with Crippen LogP contribution in [0.25, 0.3) is 11.1 Å². The molecule has 1 unspecified atom stereocenters. The van der Waals surface area contributed by atoms with Crippen LogP contribution in [-0.2, 0) is 21.2 Å². The molecule has 0 saturated heterocycles. The number of rotatable bonds is 10. The van der Waals surface area contributed by atoms with Gasteiger partial charge in [0.2, 0.25) is 10.0 Å². The molecule has 8 nitrogen and oxygen atoms in total. The van der Waals surface area contributed by atoms with Crippen LogP contribution in [0.2, 0.25) is 0 Å². The van der Waals surface area contributed by atoms with Gasteiger partial charge >= 0.3 is 5.97 Å². The predicted octanol–water partition coefficient (Wildman–Crippen LogP) is 3.21. The Morgan fingerprint density at radius 3 is 2.44 bits per heavy atom. The number of carbonyl (C=O) groups is 1. The molecule has 1 atom stereocenters. The first-order valence-electron chi connectivity index (χ1n) is 10.7. The van der Waals surface area contributed by atoms with E-state index in [0.29, 0.717) is 12.1 Å². The average Bonchev–Trinajstić information content (AvgIpc) is 2.82. The Kier molecular flexibility index (Phi) is 8.04. The van der Waals surface area contributed by atoms with Crippen molar-refractivity contribution in [2.24, 2.45) is 16.1 Å². The van der Waals surface area contributed by atoms with Crippen molar-refractivity contribution in [3.8, 4) is 11.1 Å². The number of sulfonamides is 1. The molecule has 5 N–H and O–H groups in total. The molecule has 0 spiro atoms. The number of carboxylic acids is 1. The van der Waals surface area contributed by atoms with Crippen LogP contribution in [0.1, 0.15) is 24.5 Å². The molecule has 3 aromatic carbocycles. The summed E-state index contributed by atoms with van der Waals surface area (Å²) in [5.74, 6) is 4.34. The lowest BCUT2D eigenvalue weighted by Gasteiger charge is -2.29. The van der Waals surface area contributed by atoms with Crippen LogP contribution >= 0.6 is 0 Å². The molecular weight excluding hydrogens is 452 g/mol. The minimum atomic E-state index is -3.83. The standard InChI is InChI=1S/C25H28N4O4S/c1-18(25(30)31)29(22-8-4-6-20(16-22)17-28-26)15-5-7-19-11-13-21(14-12-19)23-9-2-3-10-24(23)34(27,32)33/h2-4,6,8-14,16-18H,5,7,15,26H2,1H3,(H,30,31)(H2,27,32,33). The third-order valence-electron chi connectivity index (χ3n) is 5.57. The van der Waals surface area contributed by atoms with Gasteiger partial charge in [-0.25, -0.2) is 18.4 Å². The highest BCUT2D eigenvalue weighted by atomic mass is 32.2. The number of hydrazone groups is 1. The van der Waals surface area contributed by atoms with E-state index >= 15 is 0 Å². The van der Waals surface area contributed by atoms with E-state index in [-0.39, 0.29) is 4.90 Å². The first-order chi connectivity index (χ1) is 16.2. The molecule has 0 aliphatic carbocycles. The molecule has 178 valence electrons. The van der Waals surface area contributed by atoms with Crippen molar-refractivity contribution >= 4 is 27.9 Å². The minimum absolute atomic E-state index is 0.0861. The van der Waals surface area contributed by atoms with Gasteiger partial charge in [0.25, 0.3) is 0 Å². The van der Waals surface area contributed by atoms with Crippen LogP contribution in [-0.4, -0.2) is 38.3 Å². The van der Waals surface area contributed by atoms with Crippen molar-refractivity contribution in [3.05, 3.63) is 83.9 Å². The molecule has 0 aromatic heterocycles. The van der Waals surface area contributed by atoms with Crippen LogP contribution in [0.5, 0.6) is 0 Å². The molecule has 0 fully saturated rings. The van der Waals surface area contributed by atoms with Crippen molar-refractivity contribution < 1.29 is 18.3 Å². The van der Waals surface area contributed by atoms with Gasteiger partial charge in [-0.05, 0) is 54.7 Å². The highest BCUT2D eigenvalue weighted by Gasteiger charge is 2.21. The second kappa shape index (κ2) is 11.0. The Morgan fingerprint density at radius 1 is 1.09 bits per heavy atom. The average molecular weight is 481 g/mol. The Hall–Kier alpha value is -3.69. The summed E-state index contributed by atoms with van der Waals surface area (Å²) in [6, 6.07) is 20.9. The van der Waals surface area contributed by atoms with E-state index in [4.69, 9.17) is 11.0 Å². The second-order valence-corrected chi connectivity index (χ2v) is 9.45. The third kappa shape index (κ3) is 6.21. The van der Waals surface area contributed by atoms with Gasteiger partial charge in [0.05, 0.1) is 11.1 Å². The van der Waals surface area contributed by atoms with Gasteiger partial charge in [0, 0.05) is 17.8 Å². The van der Waals surface area contributed by atoms with Gasteiger partial charge in [0.15, 0.2) is 0 Å². The second-order valence-electron chi connectivity index (χ2n) is 7.92. The minimum Gasteiger partial charge on any atom is -0.480 e. The number of primary sulfonamides is 1. The van der Waals surface area contributed by atoms with Gasteiger partial charge in [-0.2, -0.15) is 5.10 Å². The van der Waals surface area contributed by atoms with Gasteiger partial charge in [-0.15, -0.1) is 0 Å². The van der Waals surface area contributed by atoms with Crippen molar-refractivity contribution in [1.29, 1.82) is 0 Å². The lowest BCUT2D eigenvalue weighted by molar-refractivity contribution is -0.138. The largest absolute Gasteiger partial charge is 0.480 e.